The van der Waals surface area contributed by atoms with Crippen LogP contribution in [0.4, 0.5) is 5.69 Å². The minimum atomic E-state index is -0.289. The summed E-state index contributed by atoms with van der Waals surface area (Å²) in [5, 5.41) is 15.9. The van der Waals surface area contributed by atoms with Crippen LogP contribution >= 0.6 is 0 Å². The molecule has 3 N–H and O–H groups in total. The fraction of sp³-hybridized carbons (Fsp3) is 0.588. The summed E-state index contributed by atoms with van der Waals surface area (Å²) in [5.41, 5.74) is 1.69. The largest absolute Gasteiger partial charge is 0.394 e. The van der Waals surface area contributed by atoms with E-state index < -0.39 is 0 Å². The summed E-state index contributed by atoms with van der Waals surface area (Å²) in [6.07, 6.45) is 4.18. The number of aryl methyl sites for hydroxylation is 1. The number of carbonyl (C=O) groups excluding carboxylic acids is 1. The second-order valence-corrected chi connectivity index (χ2v) is 6.41. The van der Waals surface area contributed by atoms with Gasteiger partial charge in [-0.2, -0.15) is 0 Å². The van der Waals surface area contributed by atoms with Gasteiger partial charge in [0.05, 0.1) is 13.2 Å². The van der Waals surface area contributed by atoms with E-state index in [1.807, 2.05) is 31.2 Å². The van der Waals surface area contributed by atoms with E-state index in [0.29, 0.717) is 5.92 Å². The molecule has 0 bridgehead atoms. The fourth-order valence-electron chi connectivity index (χ4n) is 3.13. The van der Waals surface area contributed by atoms with Crippen LogP contribution < -0.4 is 10.6 Å². The zero-order valence-electron chi connectivity index (χ0n) is 13.0. The van der Waals surface area contributed by atoms with E-state index in [-0.39, 0.29) is 24.6 Å². The summed E-state index contributed by atoms with van der Waals surface area (Å²) >= 11 is 0. The number of carbonyl (C=O) groups is 1. The molecule has 0 spiro atoms. The number of nitrogens with one attached hydrogen (secondary N) is 2. The first-order valence-corrected chi connectivity index (χ1v) is 7.75. The van der Waals surface area contributed by atoms with Crippen LogP contribution in [0.15, 0.2) is 24.3 Å². The third-order valence-corrected chi connectivity index (χ3v) is 4.35. The minimum Gasteiger partial charge on any atom is -0.394 e. The molecule has 1 amide bonds. The molecule has 0 radical (unpaired) electrons. The van der Waals surface area contributed by atoms with Crippen molar-refractivity contribution in [2.24, 2.45) is 5.92 Å². The molecule has 0 saturated heterocycles. The van der Waals surface area contributed by atoms with Crippen LogP contribution in [0.3, 0.4) is 0 Å². The van der Waals surface area contributed by atoms with Crippen LogP contribution in [0.2, 0.25) is 0 Å². The predicted octanol–water partition coefficient (Wildman–Crippen LogP) is 2.46. The van der Waals surface area contributed by atoms with Gasteiger partial charge in [0.15, 0.2) is 0 Å². The van der Waals surface area contributed by atoms with Crippen molar-refractivity contribution in [2.45, 2.75) is 45.1 Å². The second kappa shape index (κ2) is 7.05. The number of hydrogen-bond donors (Lipinski definition) is 3. The smallest absolute Gasteiger partial charge is 0.238 e. The van der Waals surface area contributed by atoms with Crippen molar-refractivity contribution >= 4 is 11.6 Å². The van der Waals surface area contributed by atoms with Crippen molar-refractivity contribution in [2.75, 3.05) is 18.5 Å². The van der Waals surface area contributed by atoms with Crippen LogP contribution in [0.1, 0.15) is 38.2 Å². The monoisotopic (exact) mass is 290 g/mol. The molecule has 0 aromatic heterocycles. The number of anilines is 1. The minimum absolute atomic E-state index is 0.0649. The Morgan fingerprint density at radius 2 is 2.10 bits per heavy atom. The van der Waals surface area contributed by atoms with Crippen LogP contribution in [-0.2, 0) is 4.79 Å². The molecule has 4 heteroatoms. The summed E-state index contributed by atoms with van der Waals surface area (Å²) in [4.78, 5) is 12.0. The quantitative estimate of drug-likeness (QED) is 0.780. The van der Waals surface area contributed by atoms with Crippen molar-refractivity contribution in [1.82, 2.24) is 5.32 Å². The molecule has 1 aromatic carbocycles. The number of aliphatic hydroxyl groups is 1. The van der Waals surface area contributed by atoms with Crippen LogP contribution in [0.5, 0.6) is 0 Å². The van der Waals surface area contributed by atoms with Crippen molar-refractivity contribution in [3.63, 3.8) is 0 Å². The Morgan fingerprint density at radius 1 is 1.38 bits per heavy atom. The van der Waals surface area contributed by atoms with Gasteiger partial charge in [0.2, 0.25) is 5.91 Å². The van der Waals surface area contributed by atoms with Gasteiger partial charge in [-0.1, -0.05) is 37.5 Å². The lowest BCUT2D eigenvalue weighted by atomic mass is 9.77. The van der Waals surface area contributed by atoms with Crippen LogP contribution in [0.25, 0.3) is 0 Å². The first-order chi connectivity index (χ1) is 10.0. The zero-order chi connectivity index (χ0) is 15.3. The number of aliphatic hydroxyl groups excluding tert-OH is 1. The van der Waals surface area contributed by atoms with Gasteiger partial charge in [0.25, 0.3) is 0 Å². The molecule has 2 atom stereocenters. The Hall–Kier alpha value is -1.39. The van der Waals surface area contributed by atoms with E-state index in [0.717, 1.165) is 24.9 Å². The molecule has 0 heterocycles. The van der Waals surface area contributed by atoms with Crippen molar-refractivity contribution < 1.29 is 9.90 Å². The molecule has 1 fully saturated rings. The van der Waals surface area contributed by atoms with Crippen LogP contribution in [0, 0.1) is 12.8 Å². The normalized spacial score (nSPS) is 25.6. The maximum absolute atomic E-state index is 12.0. The molecule has 1 aromatic rings. The van der Waals surface area contributed by atoms with Crippen molar-refractivity contribution in [1.29, 1.82) is 0 Å². The first kappa shape index (κ1) is 16.0. The van der Waals surface area contributed by atoms with Crippen molar-refractivity contribution in [3.8, 4) is 0 Å². The zero-order valence-corrected chi connectivity index (χ0v) is 13.0. The van der Waals surface area contributed by atoms with Crippen LogP contribution in [-0.4, -0.2) is 29.7 Å². The van der Waals surface area contributed by atoms with Gasteiger partial charge in [0.1, 0.15) is 0 Å². The standard InChI is InChI=1S/C17H26N2O2/c1-13-5-7-15(8-6-13)19-16(21)11-18-17(12-20)9-3-4-14(2)10-17/h5-8,14,18,20H,3-4,9-12H2,1-2H3,(H,19,21). The summed E-state index contributed by atoms with van der Waals surface area (Å²) in [5.74, 6) is 0.531. The van der Waals surface area contributed by atoms with Gasteiger partial charge in [0, 0.05) is 11.2 Å². The van der Waals surface area contributed by atoms with Gasteiger partial charge in [-0.3, -0.25) is 4.79 Å². The average Bonchev–Trinajstić information content (AvgIpc) is 2.48. The summed E-state index contributed by atoms with van der Waals surface area (Å²) in [6, 6.07) is 7.75. The molecule has 116 valence electrons. The summed E-state index contributed by atoms with van der Waals surface area (Å²) < 4.78 is 0. The highest BCUT2D eigenvalue weighted by molar-refractivity contribution is 5.92. The molecular formula is C17H26N2O2. The fourth-order valence-corrected chi connectivity index (χ4v) is 3.13. The van der Waals surface area contributed by atoms with E-state index in [9.17, 15) is 9.90 Å². The SMILES string of the molecule is Cc1ccc(NC(=O)CNC2(CO)CCCC(C)C2)cc1. The van der Waals surface area contributed by atoms with Gasteiger partial charge in [-0.25, -0.2) is 0 Å². The molecule has 2 rings (SSSR count). The molecule has 0 aliphatic heterocycles. The molecule has 1 saturated carbocycles. The average molecular weight is 290 g/mol. The van der Waals surface area contributed by atoms with Gasteiger partial charge < -0.3 is 15.7 Å². The van der Waals surface area contributed by atoms with E-state index in [2.05, 4.69) is 17.6 Å². The predicted molar refractivity (Wildman–Crippen MR) is 85.3 cm³/mol. The highest BCUT2D eigenvalue weighted by Gasteiger charge is 2.34. The Kier molecular flexibility index (Phi) is 5.37. The Morgan fingerprint density at radius 3 is 2.71 bits per heavy atom. The summed E-state index contributed by atoms with van der Waals surface area (Å²) in [6.45, 7) is 4.55. The van der Waals surface area contributed by atoms with E-state index >= 15 is 0 Å². The molecule has 21 heavy (non-hydrogen) atoms. The van der Waals surface area contributed by atoms with Gasteiger partial charge >= 0.3 is 0 Å². The maximum Gasteiger partial charge on any atom is 0.238 e. The Bertz CT molecular complexity index is 472. The number of benzene rings is 1. The van der Waals surface area contributed by atoms with E-state index in [1.165, 1.54) is 12.0 Å². The Labute approximate surface area is 126 Å². The number of hydrogen-bond acceptors (Lipinski definition) is 3. The first-order valence-electron chi connectivity index (χ1n) is 7.75. The molecule has 4 nitrogen and oxygen atoms in total. The lowest BCUT2D eigenvalue weighted by Crippen LogP contribution is -2.53. The third-order valence-electron chi connectivity index (χ3n) is 4.35. The third kappa shape index (κ3) is 4.55. The topological polar surface area (TPSA) is 61.4 Å². The van der Waals surface area contributed by atoms with E-state index in [1.54, 1.807) is 0 Å². The molecule has 1 aliphatic rings. The lowest BCUT2D eigenvalue weighted by molar-refractivity contribution is -0.116. The number of amides is 1. The summed E-state index contributed by atoms with van der Waals surface area (Å²) in [7, 11) is 0. The van der Waals surface area contributed by atoms with Crippen molar-refractivity contribution in [3.05, 3.63) is 29.8 Å². The Balaban J connectivity index is 1.86. The molecular weight excluding hydrogens is 264 g/mol. The molecule has 2 unspecified atom stereocenters. The second-order valence-electron chi connectivity index (χ2n) is 6.41. The van der Waals surface area contributed by atoms with E-state index in [4.69, 9.17) is 0 Å². The lowest BCUT2D eigenvalue weighted by Gasteiger charge is -2.39. The van der Waals surface area contributed by atoms with Gasteiger partial charge in [-0.05, 0) is 37.8 Å². The maximum atomic E-state index is 12.0. The number of rotatable bonds is 5. The van der Waals surface area contributed by atoms with Gasteiger partial charge in [-0.15, -0.1) is 0 Å². The highest BCUT2D eigenvalue weighted by atomic mass is 16.3. The highest BCUT2D eigenvalue weighted by Crippen LogP contribution is 2.31. The molecule has 1 aliphatic carbocycles.